The van der Waals surface area contributed by atoms with Gasteiger partial charge in [-0.2, -0.15) is 0 Å². The van der Waals surface area contributed by atoms with E-state index in [2.05, 4.69) is 53.4 Å². The number of aliphatic hydroxyl groups is 1. The fourth-order valence-electron chi connectivity index (χ4n) is 6.29. The zero-order chi connectivity index (χ0) is 32.8. The molecule has 6 heteroatoms. The van der Waals surface area contributed by atoms with E-state index in [1.807, 2.05) is 103 Å². The van der Waals surface area contributed by atoms with Gasteiger partial charge in [-0.05, 0) is 27.8 Å². The van der Waals surface area contributed by atoms with Crippen molar-refractivity contribution in [2.24, 2.45) is 0 Å². The topological polar surface area (TPSA) is 60.4 Å². The average Bonchev–Trinajstić information content (AvgIpc) is 3.24. The molecule has 0 aliphatic carbocycles. The fraction of sp³-hybridized carbons (Fsp3) is 0.286. The Kier molecular flexibility index (Phi) is 12.6. The third-order valence-corrected chi connectivity index (χ3v) is 8.78. The maximum absolute atomic E-state index is 12.0. The van der Waals surface area contributed by atoms with Gasteiger partial charge in [0.05, 0.1) is 45.2 Å². The summed E-state index contributed by atoms with van der Waals surface area (Å²) in [5, 5.41) is 12.0. The van der Waals surface area contributed by atoms with Crippen LogP contribution in [-0.2, 0) is 51.9 Å². The predicted molar refractivity (Wildman–Crippen MR) is 188 cm³/mol. The standard InChI is InChI=1S/C42H45NO5/c44-39-27-43(26-33-16-6-1-7-17-33)38(32-45-28-34-18-8-2-9-19-34)40(46-29-35-20-10-3-11-21-35)42(48-31-37-24-14-5-15-25-37)41(39)47-30-36-22-12-4-13-23-36/h1-25,38-42,44H,26-32H2/t38-,39+,40+,41-,42+/m0/s1. The molecule has 0 unspecified atom stereocenters. The van der Waals surface area contributed by atoms with Gasteiger partial charge < -0.3 is 24.1 Å². The minimum Gasteiger partial charge on any atom is -0.389 e. The zero-order valence-corrected chi connectivity index (χ0v) is 27.3. The Morgan fingerprint density at radius 2 is 0.833 bits per heavy atom. The second kappa shape index (κ2) is 17.9. The van der Waals surface area contributed by atoms with Gasteiger partial charge in [0, 0.05) is 13.1 Å². The van der Waals surface area contributed by atoms with Crippen molar-refractivity contribution in [3.63, 3.8) is 0 Å². The highest BCUT2D eigenvalue weighted by atomic mass is 16.6. The Bertz CT molecular complexity index is 1590. The van der Waals surface area contributed by atoms with Crippen molar-refractivity contribution in [1.82, 2.24) is 4.90 Å². The van der Waals surface area contributed by atoms with E-state index in [4.69, 9.17) is 18.9 Å². The summed E-state index contributed by atoms with van der Waals surface area (Å²) in [5.41, 5.74) is 5.37. The molecule has 1 aliphatic rings. The SMILES string of the molecule is O[C@@H]1CN(Cc2ccccc2)[C@@H](COCc2ccccc2)[C@@H](OCc2ccccc2)[C@@H](OCc2ccccc2)[C@H]1OCc1ccccc1. The van der Waals surface area contributed by atoms with E-state index in [1.165, 1.54) is 0 Å². The number of rotatable bonds is 15. The number of hydrogen-bond acceptors (Lipinski definition) is 6. The number of aliphatic hydroxyl groups excluding tert-OH is 1. The minimum absolute atomic E-state index is 0.252. The van der Waals surface area contributed by atoms with Crippen LogP contribution in [0.3, 0.4) is 0 Å². The second-order valence-electron chi connectivity index (χ2n) is 12.3. The van der Waals surface area contributed by atoms with Crippen LogP contribution in [0.4, 0.5) is 0 Å². The van der Waals surface area contributed by atoms with Crippen LogP contribution in [0.15, 0.2) is 152 Å². The van der Waals surface area contributed by atoms with E-state index in [1.54, 1.807) is 0 Å². The number of likely N-dealkylation sites (tertiary alicyclic amines) is 1. The van der Waals surface area contributed by atoms with Crippen molar-refractivity contribution in [2.75, 3.05) is 13.2 Å². The lowest BCUT2D eigenvalue weighted by Crippen LogP contribution is -2.53. The monoisotopic (exact) mass is 643 g/mol. The molecule has 5 aromatic rings. The van der Waals surface area contributed by atoms with Crippen LogP contribution in [-0.4, -0.2) is 53.6 Å². The number of hydrogen-bond donors (Lipinski definition) is 1. The second-order valence-corrected chi connectivity index (χ2v) is 12.3. The smallest absolute Gasteiger partial charge is 0.114 e. The first-order chi connectivity index (χ1) is 23.7. The van der Waals surface area contributed by atoms with E-state index in [9.17, 15) is 5.11 Å². The molecule has 0 aromatic heterocycles. The summed E-state index contributed by atoms with van der Waals surface area (Å²) in [4.78, 5) is 2.28. The molecule has 0 saturated carbocycles. The average molecular weight is 644 g/mol. The third-order valence-electron chi connectivity index (χ3n) is 8.78. The summed E-state index contributed by atoms with van der Waals surface area (Å²) in [6.07, 6.45) is -2.60. The Hall–Kier alpha value is -4.14. The first-order valence-corrected chi connectivity index (χ1v) is 16.8. The van der Waals surface area contributed by atoms with Gasteiger partial charge in [-0.3, -0.25) is 4.90 Å². The van der Waals surface area contributed by atoms with Crippen LogP contribution >= 0.6 is 0 Å². The molecular weight excluding hydrogens is 598 g/mol. The normalized spacial score (nSPS) is 21.5. The van der Waals surface area contributed by atoms with E-state index in [0.717, 1.165) is 27.8 Å². The highest BCUT2D eigenvalue weighted by Gasteiger charge is 2.47. The quantitative estimate of drug-likeness (QED) is 0.130. The maximum Gasteiger partial charge on any atom is 0.114 e. The third kappa shape index (κ3) is 9.70. The highest BCUT2D eigenvalue weighted by Crippen LogP contribution is 2.30. The molecule has 48 heavy (non-hydrogen) atoms. The van der Waals surface area contributed by atoms with Crippen molar-refractivity contribution in [3.8, 4) is 0 Å². The van der Waals surface area contributed by atoms with Crippen LogP contribution in [0.2, 0.25) is 0 Å². The Morgan fingerprint density at radius 3 is 1.29 bits per heavy atom. The molecule has 1 heterocycles. The molecule has 0 bridgehead atoms. The molecule has 1 saturated heterocycles. The lowest BCUT2D eigenvalue weighted by Gasteiger charge is -2.38. The van der Waals surface area contributed by atoms with Crippen LogP contribution < -0.4 is 0 Å². The van der Waals surface area contributed by atoms with Crippen molar-refractivity contribution in [2.45, 2.75) is 63.4 Å². The van der Waals surface area contributed by atoms with Crippen LogP contribution in [0.5, 0.6) is 0 Å². The number of ether oxygens (including phenoxy) is 4. The van der Waals surface area contributed by atoms with E-state index < -0.39 is 24.4 Å². The molecule has 1 aliphatic heterocycles. The molecule has 5 aromatic carbocycles. The molecule has 6 rings (SSSR count). The van der Waals surface area contributed by atoms with Gasteiger partial charge in [0.25, 0.3) is 0 Å². The molecule has 0 amide bonds. The van der Waals surface area contributed by atoms with Crippen molar-refractivity contribution >= 4 is 0 Å². The first-order valence-electron chi connectivity index (χ1n) is 16.8. The van der Waals surface area contributed by atoms with E-state index >= 15 is 0 Å². The molecule has 1 N–H and O–H groups in total. The summed E-state index contributed by atoms with van der Waals surface area (Å²) in [6.45, 7) is 2.90. The number of β-amino-alcohol motifs (C(OH)–C–C–N with tert-alkyl or cyclic N) is 1. The highest BCUT2D eigenvalue weighted by molar-refractivity contribution is 5.18. The molecule has 6 nitrogen and oxygen atoms in total. The zero-order valence-electron chi connectivity index (χ0n) is 27.3. The first kappa shape index (κ1) is 33.7. The summed E-state index contributed by atoms with van der Waals surface area (Å²) in [5.74, 6) is 0. The molecular formula is C42H45NO5. The van der Waals surface area contributed by atoms with Gasteiger partial charge in [0.15, 0.2) is 0 Å². The van der Waals surface area contributed by atoms with Crippen LogP contribution in [0, 0.1) is 0 Å². The Morgan fingerprint density at radius 1 is 0.458 bits per heavy atom. The van der Waals surface area contributed by atoms with Crippen LogP contribution in [0.25, 0.3) is 0 Å². The molecule has 0 radical (unpaired) electrons. The van der Waals surface area contributed by atoms with Gasteiger partial charge >= 0.3 is 0 Å². The molecule has 248 valence electrons. The van der Waals surface area contributed by atoms with Crippen molar-refractivity contribution in [3.05, 3.63) is 179 Å². The minimum atomic E-state index is -0.847. The summed E-state index contributed by atoms with van der Waals surface area (Å²) >= 11 is 0. The molecule has 5 atom stereocenters. The molecule has 1 fully saturated rings. The van der Waals surface area contributed by atoms with Gasteiger partial charge in [0.2, 0.25) is 0 Å². The van der Waals surface area contributed by atoms with Crippen molar-refractivity contribution < 1.29 is 24.1 Å². The lowest BCUT2D eigenvalue weighted by atomic mass is 9.99. The van der Waals surface area contributed by atoms with Crippen LogP contribution in [0.1, 0.15) is 27.8 Å². The van der Waals surface area contributed by atoms with E-state index in [0.29, 0.717) is 46.1 Å². The summed E-state index contributed by atoms with van der Waals surface area (Å²) < 4.78 is 26.9. The maximum atomic E-state index is 12.0. The Balaban J connectivity index is 1.36. The van der Waals surface area contributed by atoms with Gasteiger partial charge in [-0.1, -0.05) is 152 Å². The van der Waals surface area contributed by atoms with Crippen molar-refractivity contribution in [1.29, 1.82) is 0 Å². The molecule has 0 spiro atoms. The fourth-order valence-corrected chi connectivity index (χ4v) is 6.29. The lowest BCUT2D eigenvalue weighted by molar-refractivity contribution is -0.179. The van der Waals surface area contributed by atoms with Gasteiger partial charge in [0.1, 0.15) is 18.3 Å². The predicted octanol–water partition coefficient (Wildman–Crippen LogP) is 7.20. The Labute approximate surface area is 284 Å². The summed E-state index contributed by atoms with van der Waals surface area (Å²) in [6, 6.07) is 50.7. The summed E-state index contributed by atoms with van der Waals surface area (Å²) in [7, 11) is 0. The number of nitrogens with zero attached hydrogens (tertiary/aromatic N) is 1. The largest absolute Gasteiger partial charge is 0.389 e. The van der Waals surface area contributed by atoms with Gasteiger partial charge in [-0.15, -0.1) is 0 Å². The van der Waals surface area contributed by atoms with E-state index in [-0.39, 0.29) is 6.04 Å². The number of benzene rings is 5. The van der Waals surface area contributed by atoms with Gasteiger partial charge in [-0.25, -0.2) is 0 Å².